The highest BCUT2D eigenvalue weighted by Crippen LogP contribution is 2.08. The summed E-state index contributed by atoms with van der Waals surface area (Å²) in [7, 11) is 2.18. The second-order valence-corrected chi connectivity index (χ2v) is 6.53. The first kappa shape index (κ1) is 20.0. The summed E-state index contributed by atoms with van der Waals surface area (Å²) >= 11 is 0. The molecule has 1 aromatic carbocycles. The molecule has 1 unspecified atom stereocenters. The highest BCUT2D eigenvalue weighted by Gasteiger charge is 2.09. The molecule has 1 heterocycles. The van der Waals surface area contributed by atoms with E-state index < -0.39 is 0 Å². The molecule has 0 radical (unpaired) electrons. The molecule has 0 fully saturated rings. The lowest BCUT2D eigenvalue weighted by atomic mass is 10.1. The number of benzene rings is 1. The van der Waals surface area contributed by atoms with E-state index in [4.69, 9.17) is 4.99 Å². The summed E-state index contributed by atoms with van der Waals surface area (Å²) in [5.74, 6) is 0.880. The minimum absolute atomic E-state index is 0.479. The minimum atomic E-state index is 0.479. The van der Waals surface area contributed by atoms with E-state index in [1.807, 2.05) is 12.5 Å². The first-order valence-corrected chi connectivity index (χ1v) is 9.41. The standard InChI is InChI=1S/C20H32N6/c1-4-22-20(24-13-15-26-14-12-21-17-26)23-11-10-18(2)25(3)16-19-8-6-5-7-9-19/h5-9,12,14,17-18H,4,10-11,13,15-16H2,1-3H3,(H2,22,23,24). The molecule has 0 saturated carbocycles. The number of hydrogen-bond donors (Lipinski definition) is 2. The molecule has 6 nitrogen and oxygen atoms in total. The van der Waals surface area contributed by atoms with Gasteiger partial charge < -0.3 is 15.2 Å². The van der Waals surface area contributed by atoms with E-state index in [0.717, 1.165) is 45.1 Å². The number of aliphatic imine (C=N–C) groups is 1. The lowest BCUT2D eigenvalue weighted by molar-refractivity contribution is 0.240. The molecule has 26 heavy (non-hydrogen) atoms. The number of guanidine groups is 1. The molecule has 2 N–H and O–H groups in total. The highest BCUT2D eigenvalue weighted by atomic mass is 15.2. The van der Waals surface area contributed by atoms with Crippen molar-refractivity contribution >= 4 is 5.96 Å². The second kappa shape index (κ2) is 11.3. The largest absolute Gasteiger partial charge is 0.357 e. The Balaban J connectivity index is 1.73. The van der Waals surface area contributed by atoms with E-state index in [2.05, 4.69) is 76.3 Å². The average molecular weight is 357 g/mol. The van der Waals surface area contributed by atoms with E-state index in [-0.39, 0.29) is 0 Å². The highest BCUT2D eigenvalue weighted by molar-refractivity contribution is 5.79. The van der Waals surface area contributed by atoms with Gasteiger partial charge in [-0.1, -0.05) is 30.3 Å². The van der Waals surface area contributed by atoms with Crippen LogP contribution in [0.2, 0.25) is 0 Å². The molecule has 1 atom stereocenters. The smallest absolute Gasteiger partial charge is 0.191 e. The Labute approximate surface area is 157 Å². The van der Waals surface area contributed by atoms with Crippen molar-refractivity contribution in [3.05, 3.63) is 54.6 Å². The van der Waals surface area contributed by atoms with Crippen molar-refractivity contribution in [3.8, 4) is 0 Å². The van der Waals surface area contributed by atoms with Crippen LogP contribution < -0.4 is 10.6 Å². The third-order valence-electron chi connectivity index (χ3n) is 4.41. The predicted molar refractivity (Wildman–Crippen MR) is 108 cm³/mol. The van der Waals surface area contributed by atoms with Crippen LogP contribution in [0.1, 0.15) is 25.8 Å². The first-order chi connectivity index (χ1) is 12.7. The maximum Gasteiger partial charge on any atom is 0.191 e. The molecular formula is C20H32N6. The Morgan fingerprint density at radius 3 is 2.77 bits per heavy atom. The molecule has 0 aliphatic carbocycles. The molecule has 0 spiro atoms. The van der Waals surface area contributed by atoms with Gasteiger partial charge in [-0.3, -0.25) is 9.89 Å². The van der Waals surface area contributed by atoms with Crippen LogP contribution in [0.25, 0.3) is 0 Å². The molecule has 0 aliphatic heterocycles. The van der Waals surface area contributed by atoms with Crippen LogP contribution in [0.15, 0.2) is 54.0 Å². The first-order valence-electron chi connectivity index (χ1n) is 9.41. The zero-order valence-electron chi connectivity index (χ0n) is 16.2. The average Bonchev–Trinajstić information content (AvgIpc) is 3.16. The lowest BCUT2D eigenvalue weighted by Gasteiger charge is -2.24. The van der Waals surface area contributed by atoms with Crippen molar-refractivity contribution < 1.29 is 0 Å². The van der Waals surface area contributed by atoms with Gasteiger partial charge in [0.25, 0.3) is 0 Å². The van der Waals surface area contributed by atoms with Gasteiger partial charge in [-0.25, -0.2) is 4.98 Å². The normalized spacial score (nSPS) is 13.0. The van der Waals surface area contributed by atoms with Gasteiger partial charge >= 0.3 is 0 Å². The molecule has 2 aromatic rings. The molecule has 0 aliphatic rings. The zero-order valence-corrected chi connectivity index (χ0v) is 16.2. The van der Waals surface area contributed by atoms with Gasteiger partial charge in [-0.2, -0.15) is 0 Å². The molecular weight excluding hydrogens is 324 g/mol. The molecule has 1 aromatic heterocycles. The van der Waals surface area contributed by atoms with Crippen molar-refractivity contribution in [1.82, 2.24) is 25.1 Å². The third kappa shape index (κ3) is 7.27. The van der Waals surface area contributed by atoms with Gasteiger partial charge in [-0.05, 0) is 32.9 Å². The van der Waals surface area contributed by atoms with E-state index >= 15 is 0 Å². The summed E-state index contributed by atoms with van der Waals surface area (Å²) in [6.07, 6.45) is 6.63. The molecule has 6 heteroatoms. The second-order valence-electron chi connectivity index (χ2n) is 6.53. The van der Waals surface area contributed by atoms with Crippen LogP contribution in [0.3, 0.4) is 0 Å². The van der Waals surface area contributed by atoms with Gasteiger partial charge in [0.2, 0.25) is 0 Å². The van der Waals surface area contributed by atoms with Crippen LogP contribution in [0, 0.1) is 0 Å². The fourth-order valence-corrected chi connectivity index (χ4v) is 2.67. The van der Waals surface area contributed by atoms with Crippen LogP contribution in [-0.2, 0) is 13.1 Å². The van der Waals surface area contributed by atoms with Gasteiger partial charge in [0.05, 0.1) is 6.33 Å². The fourth-order valence-electron chi connectivity index (χ4n) is 2.67. The number of rotatable bonds is 10. The van der Waals surface area contributed by atoms with E-state index in [1.54, 1.807) is 6.20 Å². The van der Waals surface area contributed by atoms with Gasteiger partial charge in [-0.15, -0.1) is 0 Å². The van der Waals surface area contributed by atoms with Crippen molar-refractivity contribution in [1.29, 1.82) is 0 Å². The minimum Gasteiger partial charge on any atom is -0.357 e. The van der Waals surface area contributed by atoms with Crippen molar-refractivity contribution in [2.75, 3.05) is 26.7 Å². The van der Waals surface area contributed by atoms with Crippen molar-refractivity contribution in [2.24, 2.45) is 4.99 Å². The Morgan fingerprint density at radius 1 is 1.27 bits per heavy atom. The Kier molecular flexibility index (Phi) is 8.69. The van der Waals surface area contributed by atoms with Crippen LogP contribution in [0.4, 0.5) is 0 Å². The monoisotopic (exact) mass is 356 g/mol. The van der Waals surface area contributed by atoms with Gasteiger partial charge in [0.1, 0.15) is 0 Å². The van der Waals surface area contributed by atoms with E-state index in [0.29, 0.717) is 6.04 Å². The SMILES string of the molecule is CCNC(=NCCC(C)N(C)Cc1ccccc1)NCCn1ccnc1. The maximum absolute atomic E-state index is 4.70. The summed E-state index contributed by atoms with van der Waals surface area (Å²) in [5, 5.41) is 6.68. The van der Waals surface area contributed by atoms with Crippen LogP contribution in [-0.4, -0.2) is 53.1 Å². The van der Waals surface area contributed by atoms with Gasteiger partial charge in [0.15, 0.2) is 5.96 Å². The number of imidazole rings is 1. The summed E-state index contributed by atoms with van der Waals surface area (Å²) in [6.45, 7) is 8.68. The zero-order chi connectivity index (χ0) is 18.6. The predicted octanol–water partition coefficient (Wildman–Crippen LogP) is 2.35. The summed E-state index contributed by atoms with van der Waals surface area (Å²) in [6, 6.07) is 11.1. The number of nitrogens with zero attached hydrogens (tertiary/aromatic N) is 4. The topological polar surface area (TPSA) is 57.5 Å². The summed E-state index contributed by atoms with van der Waals surface area (Å²) in [4.78, 5) is 11.1. The van der Waals surface area contributed by atoms with Crippen molar-refractivity contribution in [3.63, 3.8) is 0 Å². The molecule has 0 saturated heterocycles. The Bertz CT molecular complexity index is 623. The Hall–Kier alpha value is -2.34. The third-order valence-corrected chi connectivity index (χ3v) is 4.41. The maximum atomic E-state index is 4.70. The molecule has 142 valence electrons. The fraction of sp³-hybridized carbons (Fsp3) is 0.500. The number of nitrogens with one attached hydrogen (secondary N) is 2. The summed E-state index contributed by atoms with van der Waals surface area (Å²) in [5.41, 5.74) is 1.35. The Morgan fingerprint density at radius 2 is 2.08 bits per heavy atom. The quantitative estimate of drug-likeness (QED) is 0.507. The van der Waals surface area contributed by atoms with Crippen LogP contribution >= 0.6 is 0 Å². The number of aromatic nitrogens is 2. The lowest BCUT2D eigenvalue weighted by Crippen LogP contribution is -2.39. The van der Waals surface area contributed by atoms with E-state index in [9.17, 15) is 0 Å². The summed E-state index contributed by atoms with van der Waals surface area (Å²) < 4.78 is 2.05. The molecule has 0 bridgehead atoms. The molecule has 0 amide bonds. The van der Waals surface area contributed by atoms with Crippen molar-refractivity contribution in [2.45, 2.75) is 39.4 Å². The molecule has 2 rings (SSSR count). The van der Waals surface area contributed by atoms with E-state index in [1.165, 1.54) is 5.56 Å². The number of hydrogen-bond acceptors (Lipinski definition) is 3. The van der Waals surface area contributed by atoms with Crippen LogP contribution in [0.5, 0.6) is 0 Å². The van der Waals surface area contributed by atoms with Gasteiger partial charge in [0, 0.05) is 51.2 Å².